The van der Waals surface area contributed by atoms with E-state index in [2.05, 4.69) is 10.6 Å². The van der Waals surface area contributed by atoms with Crippen LogP contribution in [0.4, 0.5) is 11.4 Å². The minimum Gasteiger partial charge on any atom is -0.326 e. The normalized spacial score (nSPS) is 10.0. The number of carbonyl (C=O) groups excluding carboxylic acids is 2. The molecular weight excluding hydrogens is 264 g/mol. The first-order valence-electron chi connectivity index (χ1n) is 6.72. The van der Waals surface area contributed by atoms with Crippen LogP contribution in [-0.4, -0.2) is 11.8 Å². The van der Waals surface area contributed by atoms with Gasteiger partial charge >= 0.3 is 0 Å². The zero-order valence-electron chi connectivity index (χ0n) is 12.4. The number of aryl methyl sites for hydroxylation is 2. The van der Waals surface area contributed by atoms with Crippen molar-refractivity contribution in [2.45, 2.75) is 20.8 Å². The molecular formula is C17H18N2O2. The van der Waals surface area contributed by atoms with Crippen LogP contribution in [0.2, 0.25) is 0 Å². The predicted molar refractivity (Wildman–Crippen MR) is 84.6 cm³/mol. The molecule has 2 aromatic rings. The maximum atomic E-state index is 12.3. The van der Waals surface area contributed by atoms with Gasteiger partial charge in [0.25, 0.3) is 5.91 Å². The minimum absolute atomic E-state index is 0.146. The number of hydrogen-bond donors (Lipinski definition) is 2. The maximum absolute atomic E-state index is 12.3. The largest absolute Gasteiger partial charge is 0.326 e. The Bertz CT molecular complexity index is 693. The highest BCUT2D eigenvalue weighted by Gasteiger charge is 2.09. The second kappa shape index (κ2) is 6.22. The van der Waals surface area contributed by atoms with Gasteiger partial charge in [-0.15, -0.1) is 0 Å². The van der Waals surface area contributed by atoms with Gasteiger partial charge in [0.05, 0.1) is 0 Å². The molecule has 2 aromatic carbocycles. The molecule has 4 heteroatoms. The molecule has 0 aliphatic carbocycles. The molecule has 0 aliphatic rings. The molecule has 2 N–H and O–H groups in total. The van der Waals surface area contributed by atoms with E-state index < -0.39 is 0 Å². The standard InChI is InChI=1S/C17H18N2O2/c1-11-7-8-16(12(2)9-11)17(21)19-15-6-4-5-14(10-15)18-13(3)20/h4-10H,1-3H3,(H,18,20)(H,19,21). The quantitative estimate of drug-likeness (QED) is 0.905. The van der Waals surface area contributed by atoms with Crippen LogP contribution >= 0.6 is 0 Å². The highest BCUT2D eigenvalue weighted by atomic mass is 16.2. The van der Waals surface area contributed by atoms with Gasteiger partial charge in [-0.05, 0) is 43.7 Å². The van der Waals surface area contributed by atoms with E-state index >= 15 is 0 Å². The summed E-state index contributed by atoms with van der Waals surface area (Å²) in [7, 11) is 0. The van der Waals surface area contributed by atoms with Crippen LogP contribution in [0.3, 0.4) is 0 Å². The fourth-order valence-electron chi connectivity index (χ4n) is 2.14. The highest BCUT2D eigenvalue weighted by molar-refractivity contribution is 6.05. The fraction of sp³-hybridized carbons (Fsp3) is 0.176. The van der Waals surface area contributed by atoms with Crippen molar-refractivity contribution in [3.8, 4) is 0 Å². The molecule has 0 atom stereocenters. The number of nitrogens with one attached hydrogen (secondary N) is 2. The first-order valence-corrected chi connectivity index (χ1v) is 6.72. The number of rotatable bonds is 3. The number of anilines is 2. The Morgan fingerprint density at radius 3 is 2.19 bits per heavy atom. The Kier molecular flexibility index (Phi) is 4.38. The number of benzene rings is 2. The molecule has 0 fully saturated rings. The Labute approximate surface area is 124 Å². The zero-order valence-corrected chi connectivity index (χ0v) is 12.4. The van der Waals surface area contributed by atoms with Gasteiger partial charge in [-0.1, -0.05) is 23.8 Å². The summed E-state index contributed by atoms with van der Waals surface area (Å²) in [5.74, 6) is -0.305. The summed E-state index contributed by atoms with van der Waals surface area (Å²) in [6, 6.07) is 12.8. The Hall–Kier alpha value is -2.62. The van der Waals surface area contributed by atoms with Crippen molar-refractivity contribution in [2.75, 3.05) is 10.6 Å². The molecule has 0 spiro atoms. The third kappa shape index (κ3) is 3.92. The average molecular weight is 282 g/mol. The molecule has 0 unspecified atom stereocenters. The third-order valence-electron chi connectivity index (χ3n) is 3.07. The number of amides is 2. The minimum atomic E-state index is -0.160. The Morgan fingerprint density at radius 2 is 1.57 bits per heavy atom. The van der Waals surface area contributed by atoms with Gasteiger partial charge in [0.1, 0.15) is 0 Å². The molecule has 0 saturated heterocycles. The summed E-state index contributed by atoms with van der Waals surface area (Å²) in [5, 5.41) is 5.53. The van der Waals surface area contributed by atoms with Crippen molar-refractivity contribution in [3.05, 3.63) is 59.2 Å². The van der Waals surface area contributed by atoms with E-state index in [0.29, 0.717) is 16.9 Å². The molecule has 0 aromatic heterocycles. The summed E-state index contributed by atoms with van der Waals surface area (Å²) < 4.78 is 0. The van der Waals surface area contributed by atoms with Crippen molar-refractivity contribution in [1.82, 2.24) is 0 Å². The summed E-state index contributed by atoms with van der Waals surface area (Å²) in [6.45, 7) is 5.35. The Morgan fingerprint density at radius 1 is 0.905 bits per heavy atom. The maximum Gasteiger partial charge on any atom is 0.255 e. The monoisotopic (exact) mass is 282 g/mol. The molecule has 21 heavy (non-hydrogen) atoms. The number of hydrogen-bond acceptors (Lipinski definition) is 2. The van der Waals surface area contributed by atoms with E-state index in [9.17, 15) is 9.59 Å². The SMILES string of the molecule is CC(=O)Nc1cccc(NC(=O)c2ccc(C)cc2C)c1. The second-order valence-corrected chi connectivity index (χ2v) is 5.03. The lowest BCUT2D eigenvalue weighted by molar-refractivity contribution is -0.114. The van der Waals surface area contributed by atoms with Crippen molar-refractivity contribution in [3.63, 3.8) is 0 Å². The van der Waals surface area contributed by atoms with Crippen molar-refractivity contribution in [2.24, 2.45) is 0 Å². The molecule has 0 saturated carbocycles. The van der Waals surface area contributed by atoms with Crippen LogP contribution < -0.4 is 10.6 Å². The molecule has 2 rings (SSSR count). The first kappa shape index (κ1) is 14.8. The van der Waals surface area contributed by atoms with Gasteiger partial charge in [0.2, 0.25) is 5.91 Å². The lowest BCUT2D eigenvalue weighted by Crippen LogP contribution is -2.14. The molecule has 2 amide bonds. The van der Waals surface area contributed by atoms with E-state index in [0.717, 1.165) is 11.1 Å². The van der Waals surface area contributed by atoms with Crippen LogP contribution in [0.25, 0.3) is 0 Å². The zero-order chi connectivity index (χ0) is 15.4. The van der Waals surface area contributed by atoms with Gasteiger partial charge in [-0.2, -0.15) is 0 Å². The van der Waals surface area contributed by atoms with Crippen LogP contribution in [0.5, 0.6) is 0 Å². The molecule has 0 bridgehead atoms. The van der Waals surface area contributed by atoms with Crippen LogP contribution in [0.15, 0.2) is 42.5 Å². The lowest BCUT2D eigenvalue weighted by atomic mass is 10.1. The second-order valence-electron chi connectivity index (χ2n) is 5.03. The summed E-state index contributed by atoms with van der Waals surface area (Å²) in [4.78, 5) is 23.3. The molecule has 0 aliphatic heterocycles. The van der Waals surface area contributed by atoms with Crippen molar-refractivity contribution < 1.29 is 9.59 Å². The van der Waals surface area contributed by atoms with Gasteiger partial charge < -0.3 is 10.6 Å². The molecule has 0 radical (unpaired) electrons. The van der Waals surface area contributed by atoms with Crippen LogP contribution in [-0.2, 0) is 4.79 Å². The van der Waals surface area contributed by atoms with E-state index in [-0.39, 0.29) is 11.8 Å². The van der Waals surface area contributed by atoms with E-state index in [1.165, 1.54) is 6.92 Å². The fourth-order valence-corrected chi connectivity index (χ4v) is 2.14. The van der Waals surface area contributed by atoms with Crippen molar-refractivity contribution in [1.29, 1.82) is 0 Å². The summed E-state index contributed by atoms with van der Waals surface area (Å²) >= 11 is 0. The smallest absolute Gasteiger partial charge is 0.255 e. The lowest BCUT2D eigenvalue weighted by Gasteiger charge is -2.10. The third-order valence-corrected chi connectivity index (χ3v) is 3.07. The molecule has 108 valence electrons. The summed E-state index contributed by atoms with van der Waals surface area (Å²) in [6.07, 6.45) is 0. The molecule has 0 heterocycles. The predicted octanol–water partition coefficient (Wildman–Crippen LogP) is 3.51. The van der Waals surface area contributed by atoms with Gasteiger partial charge in [0.15, 0.2) is 0 Å². The average Bonchev–Trinajstić information content (AvgIpc) is 2.37. The van der Waals surface area contributed by atoms with Gasteiger partial charge in [-0.25, -0.2) is 0 Å². The van der Waals surface area contributed by atoms with Crippen LogP contribution in [0.1, 0.15) is 28.4 Å². The number of carbonyl (C=O) groups is 2. The highest BCUT2D eigenvalue weighted by Crippen LogP contribution is 2.17. The summed E-state index contributed by atoms with van der Waals surface area (Å²) in [5.41, 5.74) is 4.00. The van der Waals surface area contributed by atoms with E-state index in [1.807, 2.05) is 32.0 Å². The van der Waals surface area contributed by atoms with Crippen molar-refractivity contribution >= 4 is 23.2 Å². The first-order chi connectivity index (χ1) is 9.95. The Balaban J connectivity index is 2.17. The topological polar surface area (TPSA) is 58.2 Å². The van der Waals surface area contributed by atoms with Gasteiger partial charge in [-0.3, -0.25) is 9.59 Å². The van der Waals surface area contributed by atoms with Crippen LogP contribution in [0, 0.1) is 13.8 Å². The van der Waals surface area contributed by atoms with Gasteiger partial charge in [0, 0.05) is 23.9 Å². The van der Waals surface area contributed by atoms with E-state index in [4.69, 9.17) is 0 Å². The van der Waals surface area contributed by atoms with E-state index in [1.54, 1.807) is 24.3 Å². The molecule has 4 nitrogen and oxygen atoms in total.